The summed E-state index contributed by atoms with van der Waals surface area (Å²) in [6.07, 6.45) is 3.62. The molecule has 2 heterocycles. The topological polar surface area (TPSA) is 174 Å². The molecule has 0 amide bonds. The average Bonchev–Trinajstić information content (AvgIpc) is 3.26. The maximum atomic E-state index is 12.5. The van der Waals surface area contributed by atoms with E-state index in [1.54, 1.807) is 6.07 Å². The zero-order chi connectivity index (χ0) is 22.6. The first kappa shape index (κ1) is 22.3. The van der Waals surface area contributed by atoms with E-state index < -0.39 is 36.1 Å². The van der Waals surface area contributed by atoms with Crippen LogP contribution in [0.5, 0.6) is 0 Å². The van der Waals surface area contributed by atoms with Gasteiger partial charge in [-0.25, -0.2) is 23.1 Å². The van der Waals surface area contributed by atoms with E-state index in [1.807, 2.05) is 0 Å². The first-order valence-electron chi connectivity index (χ1n) is 9.43. The maximum Gasteiger partial charge on any atom is 0.280 e. The largest absolute Gasteiger partial charge is 0.369 e. The van der Waals surface area contributed by atoms with Crippen molar-refractivity contribution in [2.75, 3.05) is 36.4 Å². The van der Waals surface area contributed by atoms with Crippen molar-refractivity contribution in [1.29, 1.82) is 0 Å². The van der Waals surface area contributed by atoms with Crippen LogP contribution in [0.25, 0.3) is 0 Å². The summed E-state index contributed by atoms with van der Waals surface area (Å²) in [7, 11) is -4.20. The van der Waals surface area contributed by atoms with Crippen LogP contribution in [-0.2, 0) is 10.0 Å². The van der Waals surface area contributed by atoms with Gasteiger partial charge in [0.25, 0.3) is 11.4 Å². The van der Waals surface area contributed by atoms with Crippen LogP contribution in [0.15, 0.2) is 29.4 Å². The molecule has 3 rings (SSSR count). The molecule has 13 nitrogen and oxygen atoms in total. The van der Waals surface area contributed by atoms with Crippen molar-refractivity contribution >= 4 is 33.0 Å². The number of anilines is 2. The first-order chi connectivity index (χ1) is 14.7. The number of nitro groups is 2. The number of hydrogen-bond acceptors (Lipinski definition) is 10. The molecule has 2 N–H and O–H groups in total. The molecular formula is C17H21N7O6S. The molecule has 1 fully saturated rings. The van der Waals surface area contributed by atoms with Gasteiger partial charge in [-0.05, 0) is 19.8 Å². The van der Waals surface area contributed by atoms with Crippen molar-refractivity contribution in [2.24, 2.45) is 0 Å². The number of sulfonamides is 1. The van der Waals surface area contributed by atoms with Crippen LogP contribution in [0.4, 0.5) is 23.0 Å². The summed E-state index contributed by atoms with van der Waals surface area (Å²) in [6.45, 7) is 3.14. The molecule has 166 valence electrons. The summed E-state index contributed by atoms with van der Waals surface area (Å²) in [4.78, 5) is 30.5. The lowest BCUT2D eigenvalue weighted by Gasteiger charge is -2.16. The number of nitrogens with one attached hydrogen (secondary N) is 2. The Labute approximate surface area is 177 Å². The van der Waals surface area contributed by atoms with Gasteiger partial charge in [-0.15, -0.1) is 0 Å². The van der Waals surface area contributed by atoms with Gasteiger partial charge >= 0.3 is 0 Å². The molecule has 0 unspecified atom stereocenters. The predicted octanol–water partition coefficient (Wildman–Crippen LogP) is 1.59. The Morgan fingerprint density at radius 3 is 2.23 bits per heavy atom. The second kappa shape index (κ2) is 9.18. The highest BCUT2D eigenvalue weighted by molar-refractivity contribution is 7.89. The van der Waals surface area contributed by atoms with Gasteiger partial charge in [0.05, 0.1) is 14.7 Å². The molecule has 1 aromatic carbocycles. The summed E-state index contributed by atoms with van der Waals surface area (Å²) < 4.78 is 27.3. The van der Waals surface area contributed by atoms with Crippen LogP contribution < -0.4 is 14.9 Å². The van der Waals surface area contributed by atoms with Gasteiger partial charge in [0, 0.05) is 44.4 Å². The summed E-state index contributed by atoms with van der Waals surface area (Å²) in [5.41, 5.74) is -1.49. The highest BCUT2D eigenvalue weighted by Crippen LogP contribution is 2.31. The Morgan fingerprint density at radius 1 is 1.03 bits per heavy atom. The van der Waals surface area contributed by atoms with Gasteiger partial charge in [0.15, 0.2) is 0 Å². The van der Waals surface area contributed by atoms with Crippen LogP contribution in [0, 0.1) is 27.2 Å². The van der Waals surface area contributed by atoms with Gasteiger partial charge in [0.2, 0.25) is 10.0 Å². The fraction of sp³-hybridized carbons (Fsp3) is 0.412. The van der Waals surface area contributed by atoms with Crippen LogP contribution >= 0.6 is 0 Å². The lowest BCUT2D eigenvalue weighted by Crippen LogP contribution is -2.29. The summed E-state index contributed by atoms with van der Waals surface area (Å²) in [5.74, 6) is 1.31. The van der Waals surface area contributed by atoms with E-state index in [0.717, 1.165) is 43.9 Å². The quantitative estimate of drug-likeness (QED) is 0.324. The van der Waals surface area contributed by atoms with Crippen molar-refractivity contribution in [2.45, 2.75) is 24.7 Å². The summed E-state index contributed by atoms with van der Waals surface area (Å²) >= 11 is 0. The number of nitro benzene ring substituents is 2. The van der Waals surface area contributed by atoms with Crippen LogP contribution in [0.2, 0.25) is 0 Å². The van der Waals surface area contributed by atoms with Gasteiger partial charge in [-0.3, -0.25) is 20.2 Å². The normalized spacial score (nSPS) is 13.9. The highest BCUT2D eigenvalue weighted by atomic mass is 32.2. The van der Waals surface area contributed by atoms with Crippen LogP contribution in [0.1, 0.15) is 18.4 Å². The average molecular weight is 451 g/mol. The lowest BCUT2D eigenvalue weighted by molar-refractivity contribution is -0.395. The second-order valence-corrected chi connectivity index (χ2v) is 8.65. The molecular weight excluding hydrogens is 430 g/mol. The fourth-order valence-corrected chi connectivity index (χ4v) is 4.29. The molecule has 0 radical (unpaired) electrons. The van der Waals surface area contributed by atoms with Crippen molar-refractivity contribution in [3.8, 4) is 0 Å². The van der Waals surface area contributed by atoms with E-state index in [1.165, 1.54) is 13.3 Å². The van der Waals surface area contributed by atoms with Crippen LogP contribution in [0.3, 0.4) is 0 Å². The number of nitrogens with zero attached hydrogens (tertiary/aromatic N) is 5. The van der Waals surface area contributed by atoms with E-state index in [-0.39, 0.29) is 18.7 Å². The molecule has 0 saturated carbocycles. The Kier molecular flexibility index (Phi) is 6.60. The summed E-state index contributed by atoms with van der Waals surface area (Å²) in [5, 5.41) is 25.3. The Balaban J connectivity index is 1.66. The number of rotatable bonds is 9. The molecule has 0 bridgehead atoms. The molecule has 14 heteroatoms. The van der Waals surface area contributed by atoms with Crippen molar-refractivity contribution in [3.63, 3.8) is 0 Å². The van der Waals surface area contributed by atoms with Crippen LogP contribution in [-0.4, -0.2) is 54.4 Å². The van der Waals surface area contributed by atoms with Gasteiger partial charge in [-0.2, -0.15) is 0 Å². The van der Waals surface area contributed by atoms with Crippen molar-refractivity contribution in [1.82, 2.24) is 14.7 Å². The minimum absolute atomic E-state index is 0.0686. The number of hydrogen-bond donors (Lipinski definition) is 2. The van der Waals surface area contributed by atoms with E-state index >= 15 is 0 Å². The third kappa shape index (κ3) is 5.21. The third-order valence-corrected chi connectivity index (χ3v) is 6.28. The Hall–Kier alpha value is -3.39. The Morgan fingerprint density at radius 2 is 1.65 bits per heavy atom. The van der Waals surface area contributed by atoms with E-state index in [0.29, 0.717) is 5.82 Å². The molecule has 1 aliphatic rings. The minimum atomic E-state index is -4.20. The van der Waals surface area contributed by atoms with E-state index in [9.17, 15) is 28.6 Å². The van der Waals surface area contributed by atoms with E-state index in [2.05, 4.69) is 24.9 Å². The molecule has 1 aromatic heterocycles. The van der Waals surface area contributed by atoms with Gasteiger partial charge < -0.3 is 10.2 Å². The van der Waals surface area contributed by atoms with Crippen molar-refractivity contribution in [3.05, 3.63) is 50.3 Å². The van der Waals surface area contributed by atoms with Gasteiger partial charge in [-0.1, -0.05) is 0 Å². The zero-order valence-corrected chi connectivity index (χ0v) is 17.5. The molecule has 1 saturated heterocycles. The zero-order valence-electron chi connectivity index (χ0n) is 16.6. The van der Waals surface area contributed by atoms with Crippen molar-refractivity contribution < 1.29 is 18.3 Å². The summed E-state index contributed by atoms with van der Waals surface area (Å²) in [6, 6.07) is 3.39. The third-order valence-electron chi connectivity index (χ3n) is 4.84. The lowest BCUT2D eigenvalue weighted by atomic mass is 10.1. The predicted molar refractivity (Wildman–Crippen MR) is 112 cm³/mol. The SMILES string of the molecule is Cc1c([N+](=O)[O-])cc(S(=O)(=O)NCCNc2cc(N3CCCC3)ncn2)cc1[N+](=O)[O-]. The molecule has 0 atom stereocenters. The molecule has 1 aliphatic heterocycles. The van der Waals surface area contributed by atoms with E-state index in [4.69, 9.17) is 0 Å². The Bertz CT molecular complexity index is 1070. The molecule has 0 spiro atoms. The monoisotopic (exact) mass is 451 g/mol. The number of benzene rings is 1. The fourth-order valence-electron chi connectivity index (χ4n) is 3.22. The molecule has 2 aromatic rings. The minimum Gasteiger partial charge on any atom is -0.369 e. The smallest absolute Gasteiger partial charge is 0.280 e. The van der Waals surface area contributed by atoms with Gasteiger partial charge in [0.1, 0.15) is 23.5 Å². The first-order valence-corrected chi connectivity index (χ1v) is 10.9. The maximum absolute atomic E-state index is 12.5. The molecule has 31 heavy (non-hydrogen) atoms. The second-order valence-electron chi connectivity index (χ2n) is 6.88. The highest BCUT2D eigenvalue weighted by Gasteiger charge is 2.27. The molecule has 0 aliphatic carbocycles. The standard InChI is InChI=1S/C17H21N7O6S/c1-12-14(23(25)26)8-13(9-15(12)24(27)28)31(29,30)21-5-4-18-16-10-17(20-11-19-16)22-6-2-3-7-22/h8-11,21H,2-7H2,1H3,(H,18,19,20). The number of aromatic nitrogens is 2.